The van der Waals surface area contributed by atoms with E-state index < -0.39 is 17.6 Å². The molecule has 1 aliphatic rings. The minimum atomic E-state index is -4.44. The molecule has 0 spiro atoms. The molecule has 2 aromatic rings. The molecule has 142 valence electrons. The minimum Gasteiger partial charge on any atom is -0.346 e. The van der Waals surface area contributed by atoms with Crippen molar-refractivity contribution in [2.45, 2.75) is 38.0 Å². The number of hydrogen-bond donors (Lipinski definition) is 2. The second kappa shape index (κ2) is 8.05. The van der Waals surface area contributed by atoms with E-state index in [-0.39, 0.29) is 35.9 Å². The van der Waals surface area contributed by atoms with Gasteiger partial charge in [0.05, 0.1) is 17.4 Å². The van der Waals surface area contributed by atoms with Gasteiger partial charge in [-0.2, -0.15) is 13.2 Å². The summed E-state index contributed by atoms with van der Waals surface area (Å²) >= 11 is 0. The molecule has 10 heteroatoms. The average Bonchev–Trinajstić information content (AvgIpc) is 3.06. The molecule has 2 N–H and O–H groups in total. The van der Waals surface area contributed by atoms with Gasteiger partial charge in [-0.1, -0.05) is 11.3 Å². The van der Waals surface area contributed by atoms with Gasteiger partial charge in [-0.3, -0.25) is 4.79 Å². The van der Waals surface area contributed by atoms with Crippen LogP contribution in [0.1, 0.15) is 35.8 Å². The highest BCUT2D eigenvalue weighted by Crippen LogP contribution is 2.30. The smallest absolute Gasteiger partial charge is 0.346 e. The maximum absolute atomic E-state index is 12.8. The number of alkyl halides is 3. The highest BCUT2D eigenvalue weighted by molar-refractivity contribution is 5.92. The van der Waals surface area contributed by atoms with E-state index in [1.165, 1.54) is 18.3 Å². The fourth-order valence-corrected chi connectivity index (χ4v) is 2.80. The van der Waals surface area contributed by atoms with Gasteiger partial charge in [0, 0.05) is 12.1 Å². The molecule has 6 nitrogen and oxygen atoms in total. The van der Waals surface area contributed by atoms with Crippen molar-refractivity contribution < 1.29 is 18.0 Å². The van der Waals surface area contributed by atoms with Gasteiger partial charge in [0.2, 0.25) is 0 Å². The topological polar surface area (TPSA) is 71.8 Å². The Hall–Kier alpha value is -2.13. The summed E-state index contributed by atoms with van der Waals surface area (Å²) < 4.78 is 39.6. The second-order valence-corrected chi connectivity index (χ2v) is 6.06. The summed E-state index contributed by atoms with van der Waals surface area (Å²) in [6.45, 7) is 2.91. The fraction of sp³-hybridized carbons (Fsp3) is 0.438. The van der Waals surface area contributed by atoms with E-state index in [0.29, 0.717) is 0 Å². The summed E-state index contributed by atoms with van der Waals surface area (Å²) in [5.74, 6) is -0.390. The predicted molar refractivity (Wildman–Crippen MR) is 91.6 cm³/mol. The van der Waals surface area contributed by atoms with Crippen molar-refractivity contribution in [3.8, 4) is 5.69 Å². The van der Waals surface area contributed by atoms with Crippen LogP contribution in [0.2, 0.25) is 0 Å². The number of nitrogens with one attached hydrogen (secondary N) is 2. The van der Waals surface area contributed by atoms with E-state index in [1.807, 2.05) is 6.92 Å². The summed E-state index contributed by atoms with van der Waals surface area (Å²) in [7, 11) is 0. The SMILES string of the molecule is CC1NCCCC1NC(=O)c1cn(-c2cccc(C(F)(F)F)c2)nn1.Cl. The lowest BCUT2D eigenvalue weighted by Gasteiger charge is -2.30. The van der Waals surface area contributed by atoms with Crippen molar-refractivity contribution in [2.75, 3.05) is 6.54 Å². The fourth-order valence-electron chi connectivity index (χ4n) is 2.80. The zero-order valence-corrected chi connectivity index (χ0v) is 14.8. The standard InChI is InChI=1S/C16H18F3N5O.ClH/c1-10-13(6-3-7-20-10)21-15(25)14-9-24(23-22-14)12-5-2-4-11(8-12)16(17,18)19;/h2,4-5,8-10,13,20H,3,6-7H2,1H3,(H,21,25);1H. The Labute approximate surface area is 154 Å². The number of aromatic nitrogens is 3. The first-order valence-electron chi connectivity index (χ1n) is 7.99. The average molecular weight is 390 g/mol. The zero-order valence-electron chi connectivity index (χ0n) is 14.0. The largest absolute Gasteiger partial charge is 0.416 e. The summed E-state index contributed by atoms with van der Waals surface area (Å²) in [6, 6.07) is 4.83. The number of carbonyl (C=O) groups excluding carboxylic acids is 1. The van der Waals surface area contributed by atoms with E-state index >= 15 is 0 Å². The number of piperidine rings is 1. The van der Waals surface area contributed by atoms with Crippen LogP contribution < -0.4 is 10.6 Å². The van der Waals surface area contributed by atoms with Crippen molar-refractivity contribution in [3.63, 3.8) is 0 Å². The molecule has 0 saturated carbocycles. The van der Waals surface area contributed by atoms with Crippen LogP contribution in [-0.4, -0.2) is 39.5 Å². The molecular formula is C16H19ClF3N5O. The van der Waals surface area contributed by atoms with Crippen molar-refractivity contribution in [1.29, 1.82) is 0 Å². The van der Waals surface area contributed by atoms with Crippen LogP contribution in [0.3, 0.4) is 0 Å². The van der Waals surface area contributed by atoms with E-state index in [1.54, 1.807) is 0 Å². The van der Waals surface area contributed by atoms with Crippen molar-refractivity contribution in [1.82, 2.24) is 25.6 Å². The molecule has 0 radical (unpaired) electrons. The van der Waals surface area contributed by atoms with E-state index in [2.05, 4.69) is 20.9 Å². The molecule has 3 rings (SSSR count). The molecule has 1 amide bonds. The number of amides is 1. The first-order valence-corrected chi connectivity index (χ1v) is 7.99. The van der Waals surface area contributed by atoms with Crippen LogP contribution in [0.4, 0.5) is 13.2 Å². The third-order valence-corrected chi connectivity index (χ3v) is 4.24. The molecule has 1 aromatic heterocycles. The van der Waals surface area contributed by atoms with Crippen molar-refractivity contribution in [3.05, 3.63) is 41.7 Å². The highest BCUT2D eigenvalue weighted by Gasteiger charge is 2.30. The van der Waals surface area contributed by atoms with Gasteiger partial charge in [0.1, 0.15) is 0 Å². The minimum absolute atomic E-state index is 0. The third-order valence-electron chi connectivity index (χ3n) is 4.24. The summed E-state index contributed by atoms with van der Waals surface area (Å²) in [5.41, 5.74) is -0.530. The van der Waals surface area contributed by atoms with Crippen molar-refractivity contribution in [2.24, 2.45) is 0 Å². The Bertz CT molecular complexity index is 764. The maximum Gasteiger partial charge on any atom is 0.416 e. The zero-order chi connectivity index (χ0) is 18.0. The van der Waals surface area contributed by atoms with Crippen LogP contribution in [0.25, 0.3) is 5.69 Å². The lowest BCUT2D eigenvalue weighted by atomic mass is 10.00. The number of rotatable bonds is 3. The molecule has 0 bridgehead atoms. The Morgan fingerprint density at radius 3 is 2.85 bits per heavy atom. The number of hydrogen-bond acceptors (Lipinski definition) is 4. The van der Waals surface area contributed by atoms with Gasteiger partial charge < -0.3 is 10.6 Å². The van der Waals surface area contributed by atoms with Crippen LogP contribution in [-0.2, 0) is 6.18 Å². The number of benzene rings is 1. The van der Waals surface area contributed by atoms with Gasteiger partial charge in [-0.25, -0.2) is 4.68 Å². The Kier molecular flexibility index (Phi) is 6.25. The lowest BCUT2D eigenvalue weighted by molar-refractivity contribution is -0.137. The van der Waals surface area contributed by atoms with E-state index in [0.717, 1.165) is 36.2 Å². The highest BCUT2D eigenvalue weighted by atomic mass is 35.5. The molecule has 26 heavy (non-hydrogen) atoms. The van der Waals surface area contributed by atoms with Crippen LogP contribution in [0, 0.1) is 0 Å². The Morgan fingerprint density at radius 2 is 2.15 bits per heavy atom. The second-order valence-electron chi connectivity index (χ2n) is 6.06. The van der Waals surface area contributed by atoms with Gasteiger partial charge in [0.15, 0.2) is 5.69 Å². The van der Waals surface area contributed by atoms with Gasteiger partial charge in [0.25, 0.3) is 5.91 Å². The Morgan fingerprint density at radius 1 is 1.38 bits per heavy atom. The molecule has 2 unspecified atom stereocenters. The Balaban J connectivity index is 0.00000243. The van der Waals surface area contributed by atoms with Gasteiger partial charge in [-0.05, 0) is 44.5 Å². The maximum atomic E-state index is 12.8. The van der Waals surface area contributed by atoms with E-state index in [9.17, 15) is 18.0 Å². The molecule has 1 aromatic carbocycles. The summed E-state index contributed by atoms with van der Waals surface area (Å²) in [6.07, 6.45) is -1.29. The normalized spacial score (nSPS) is 20.3. The molecule has 1 aliphatic heterocycles. The first-order chi connectivity index (χ1) is 11.8. The quantitative estimate of drug-likeness (QED) is 0.846. The van der Waals surface area contributed by atoms with E-state index in [4.69, 9.17) is 0 Å². The number of halogens is 4. The lowest BCUT2D eigenvalue weighted by Crippen LogP contribution is -2.51. The number of carbonyl (C=O) groups is 1. The predicted octanol–water partition coefficient (Wildman–Crippen LogP) is 2.58. The molecule has 2 atom stereocenters. The molecule has 2 heterocycles. The summed E-state index contributed by atoms with van der Waals surface area (Å²) in [5, 5.41) is 13.7. The third kappa shape index (κ3) is 4.53. The van der Waals surface area contributed by atoms with Crippen LogP contribution in [0.15, 0.2) is 30.5 Å². The van der Waals surface area contributed by atoms with Gasteiger partial charge in [-0.15, -0.1) is 17.5 Å². The molecular weight excluding hydrogens is 371 g/mol. The first kappa shape index (κ1) is 20.2. The molecule has 0 aliphatic carbocycles. The van der Waals surface area contributed by atoms with Gasteiger partial charge >= 0.3 is 6.18 Å². The number of nitrogens with zero attached hydrogens (tertiary/aromatic N) is 3. The van der Waals surface area contributed by atoms with Crippen molar-refractivity contribution >= 4 is 18.3 Å². The molecule has 1 saturated heterocycles. The summed E-state index contributed by atoms with van der Waals surface area (Å²) in [4.78, 5) is 12.3. The molecule has 1 fully saturated rings. The van der Waals surface area contributed by atoms with Crippen LogP contribution in [0.5, 0.6) is 0 Å². The monoisotopic (exact) mass is 389 g/mol. The van der Waals surface area contributed by atoms with Crippen LogP contribution >= 0.6 is 12.4 Å².